The minimum atomic E-state index is -1.28. The standard InChI is InChI=1S/C14H19BrINO3S/c1-14(2,3)21(19)17-12(8-13(18)20-4)9-5-10(15)7-11(16)6-9/h5-7,12,17H,8H2,1-4H3/t12-,21+/m0/s1. The van der Waals surface area contributed by atoms with Crippen LogP contribution in [0.2, 0.25) is 0 Å². The Morgan fingerprint density at radius 1 is 1.43 bits per heavy atom. The lowest BCUT2D eigenvalue weighted by Crippen LogP contribution is -2.36. The van der Waals surface area contributed by atoms with Gasteiger partial charge in [0.25, 0.3) is 0 Å². The molecule has 0 aliphatic heterocycles. The Kier molecular flexibility index (Phi) is 7.29. The molecule has 0 amide bonds. The minimum absolute atomic E-state index is 0.130. The Morgan fingerprint density at radius 3 is 2.52 bits per heavy atom. The second kappa shape index (κ2) is 8.03. The molecule has 1 aromatic rings. The quantitative estimate of drug-likeness (QED) is 0.508. The van der Waals surface area contributed by atoms with Gasteiger partial charge in [-0.05, 0) is 67.1 Å². The van der Waals surface area contributed by atoms with Crippen molar-refractivity contribution in [3.8, 4) is 0 Å². The van der Waals surface area contributed by atoms with Crippen molar-refractivity contribution in [2.75, 3.05) is 7.11 Å². The largest absolute Gasteiger partial charge is 0.469 e. The van der Waals surface area contributed by atoms with Crippen LogP contribution >= 0.6 is 38.5 Å². The predicted octanol–water partition coefficient (Wildman–Crippen LogP) is 3.71. The van der Waals surface area contributed by atoms with E-state index >= 15 is 0 Å². The summed E-state index contributed by atoms with van der Waals surface area (Å²) >= 11 is 5.65. The summed E-state index contributed by atoms with van der Waals surface area (Å²) in [5.74, 6) is -0.339. The summed E-state index contributed by atoms with van der Waals surface area (Å²) in [5.41, 5.74) is 0.900. The fourth-order valence-electron chi connectivity index (χ4n) is 1.56. The van der Waals surface area contributed by atoms with Gasteiger partial charge in [0.1, 0.15) is 0 Å². The molecular formula is C14H19BrINO3S. The summed E-state index contributed by atoms with van der Waals surface area (Å²) in [6.45, 7) is 5.65. The van der Waals surface area contributed by atoms with Gasteiger partial charge in [-0.1, -0.05) is 15.9 Å². The third kappa shape index (κ3) is 6.33. The van der Waals surface area contributed by atoms with E-state index in [1.54, 1.807) is 0 Å². The molecule has 1 aromatic carbocycles. The monoisotopic (exact) mass is 487 g/mol. The molecule has 7 heteroatoms. The lowest BCUT2D eigenvalue weighted by Gasteiger charge is -2.24. The molecule has 0 bridgehead atoms. The van der Waals surface area contributed by atoms with Gasteiger partial charge in [0.2, 0.25) is 0 Å². The van der Waals surface area contributed by atoms with E-state index in [1.165, 1.54) is 7.11 Å². The highest BCUT2D eigenvalue weighted by Gasteiger charge is 2.25. The Balaban J connectivity index is 3.07. The molecule has 0 saturated carbocycles. The molecule has 0 heterocycles. The molecular weight excluding hydrogens is 469 g/mol. The summed E-state index contributed by atoms with van der Waals surface area (Å²) in [7, 11) is 0.0769. The first-order valence-corrected chi connectivity index (χ1v) is 9.36. The van der Waals surface area contributed by atoms with E-state index in [-0.39, 0.29) is 18.4 Å². The molecule has 0 radical (unpaired) electrons. The lowest BCUT2D eigenvalue weighted by atomic mass is 10.1. The highest BCUT2D eigenvalue weighted by atomic mass is 127. The van der Waals surface area contributed by atoms with E-state index in [0.29, 0.717) is 0 Å². The van der Waals surface area contributed by atoms with E-state index in [0.717, 1.165) is 13.6 Å². The van der Waals surface area contributed by atoms with E-state index < -0.39 is 15.7 Å². The molecule has 0 aromatic heterocycles. The number of halogens is 2. The number of hydrogen-bond acceptors (Lipinski definition) is 3. The lowest BCUT2D eigenvalue weighted by molar-refractivity contribution is -0.141. The second-order valence-electron chi connectivity index (χ2n) is 5.53. The number of benzene rings is 1. The average molecular weight is 488 g/mol. The molecule has 0 aliphatic rings. The number of carbonyl (C=O) groups is 1. The zero-order chi connectivity index (χ0) is 16.2. The predicted molar refractivity (Wildman–Crippen MR) is 97.3 cm³/mol. The molecule has 1 N–H and O–H groups in total. The van der Waals surface area contributed by atoms with Crippen molar-refractivity contribution in [3.05, 3.63) is 31.8 Å². The molecule has 0 aliphatic carbocycles. The van der Waals surface area contributed by atoms with Gasteiger partial charge >= 0.3 is 5.97 Å². The van der Waals surface area contributed by atoms with Crippen LogP contribution in [0.4, 0.5) is 0 Å². The van der Waals surface area contributed by atoms with E-state index in [1.807, 2.05) is 39.0 Å². The van der Waals surface area contributed by atoms with Crippen LogP contribution in [-0.2, 0) is 20.5 Å². The molecule has 0 saturated heterocycles. The highest BCUT2D eigenvalue weighted by molar-refractivity contribution is 14.1. The highest BCUT2D eigenvalue weighted by Crippen LogP contribution is 2.26. The molecule has 0 unspecified atom stereocenters. The molecule has 4 nitrogen and oxygen atoms in total. The van der Waals surface area contributed by atoms with Crippen LogP contribution in [0.3, 0.4) is 0 Å². The Morgan fingerprint density at radius 2 is 2.05 bits per heavy atom. The van der Waals surface area contributed by atoms with Crippen molar-refractivity contribution in [2.45, 2.75) is 38.0 Å². The maximum atomic E-state index is 12.3. The third-order valence-corrected chi connectivity index (χ3v) is 5.38. The maximum absolute atomic E-state index is 12.3. The summed E-state index contributed by atoms with van der Waals surface area (Å²) in [5, 5.41) is 0. The molecule has 0 fully saturated rings. The van der Waals surface area contributed by atoms with Gasteiger partial charge < -0.3 is 4.74 Å². The zero-order valence-electron chi connectivity index (χ0n) is 12.4. The molecule has 0 spiro atoms. The van der Waals surface area contributed by atoms with Crippen LogP contribution in [0.5, 0.6) is 0 Å². The SMILES string of the molecule is COC(=O)C[C@H](N[S@](=O)C(C)(C)C)c1cc(Br)cc(I)c1. The Hall–Kier alpha value is 0.01000. The van der Waals surface area contributed by atoms with Gasteiger partial charge in [-0.15, -0.1) is 0 Å². The van der Waals surface area contributed by atoms with E-state index in [4.69, 9.17) is 4.74 Å². The number of ether oxygens (including phenoxy) is 1. The average Bonchev–Trinajstić information content (AvgIpc) is 2.35. The van der Waals surface area contributed by atoms with Crippen molar-refractivity contribution in [1.29, 1.82) is 0 Å². The fourth-order valence-corrected chi connectivity index (χ4v) is 4.03. The zero-order valence-corrected chi connectivity index (χ0v) is 17.0. The summed E-state index contributed by atoms with van der Waals surface area (Å²) in [6, 6.07) is 5.50. The van der Waals surface area contributed by atoms with Crippen LogP contribution in [0.25, 0.3) is 0 Å². The first kappa shape index (κ1) is 19.1. The Bertz CT molecular complexity index is 525. The van der Waals surface area contributed by atoms with Crippen molar-refractivity contribution in [3.63, 3.8) is 0 Å². The number of carbonyl (C=O) groups excluding carboxylic acids is 1. The number of nitrogens with one attached hydrogen (secondary N) is 1. The van der Waals surface area contributed by atoms with E-state index in [9.17, 15) is 9.00 Å². The van der Waals surface area contributed by atoms with Crippen LogP contribution < -0.4 is 4.72 Å². The molecule has 21 heavy (non-hydrogen) atoms. The van der Waals surface area contributed by atoms with Gasteiger partial charge in [0, 0.05) is 8.04 Å². The van der Waals surface area contributed by atoms with Crippen molar-refractivity contribution in [1.82, 2.24) is 4.72 Å². The van der Waals surface area contributed by atoms with Crippen molar-refractivity contribution < 1.29 is 13.7 Å². The first-order chi connectivity index (χ1) is 9.63. The number of methoxy groups -OCH3 is 1. The molecule has 1 rings (SSSR count). The van der Waals surface area contributed by atoms with Gasteiger partial charge in [-0.25, -0.2) is 8.93 Å². The summed E-state index contributed by atoms with van der Waals surface area (Å²) < 4.78 is 21.6. The van der Waals surface area contributed by atoms with Gasteiger partial charge in [0.05, 0.1) is 35.3 Å². The fraction of sp³-hybridized carbons (Fsp3) is 0.500. The molecule has 2 atom stereocenters. The van der Waals surface area contributed by atoms with Crippen molar-refractivity contribution >= 4 is 55.5 Å². The minimum Gasteiger partial charge on any atom is -0.469 e. The van der Waals surface area contributed by atoms with Crippen molar-refractivity contribution in [2.24, 2.45) is 0 Å². The van der Waals surface area contributed by atoms with Crippen LogP contribution in [0.1, 0.15) is 38.8 Å². The topological polar surface area (TPSA) is 55.4 Å². The maximum Gasteiger partial charge on any atom is 0.307 e. The van der Waals surface area contributed by atoms with Crippen LogP contribution in [-0.4, -0.2) is 22.0 Å². The van der Waals surface area contributed by atoms with E-state index in [2.05, 4.69) is 43.2 Å². The number of esters is 1. The van der Waals surface area contributed by atoms with Crippen LogP contribution in [0.15, 0.2) is 22.7 Å². The summed E-state index contributed by atoms with van der Waals surface area (Å²) in [6.07, 6.45) is 0.130. The van der Waals surface area contributed by atoms with Gasteiger partial charge in [-0.2, -0.15) is 0 Å². The normalized spacial score (nSPS) is 14.6. The smallest absolute Gasteiger partial charge is 0.307 e. The second-order valence-corrected chi connectivity index (χ2v) is 9.69. The van der Waals surface area contributed by atoms with Gasteiger partial charge in [-0.3, -0.25) is 4.79 Å². The first-order valence-electron chi connectivity index (χ1n) is 6.34. The summed E-state index contributed by atoms with van der Waals surface area (Å²) in [4.78, 5) is 11.6. The van der Waals surface area contributed by atoms with Gasteiger partial charge in [0.15, 0.2) is 0 Å². The number of rotatable bonds is 5. The molecule has 118 valence electrons. The third-order valence-electron chi connectivity index (χ3n) is 2.69. The Labute approximate surface area is 150 Å². The van der Waals surface area contributed by atoms with Crippen LogP contribution in [0, 0.1) is 3.57 Å². The number of hydrogen-bond donors (Lipinski definition) is 1.